The molecule has 0 spiro atoms. The standard InChI is InChI=1S/C15H16N2O2/c18-14-12-7-13(12)15(19)17(14)11-3-1-2-9(6-11)8-16-10-4-5-10/h1-3,6,10,12-13,16H,4-5,7-8H2. The van der Waals surface area contributed by atoms with E-state index >= 15 is 0 Å². The van der Waals surface area contributed by atoms with E-state index in [1.807, 2.05) is 24.3 Å². The lowest BCUT2D eigenvalue weighted by Gasteiger charge is -2.17. The molecule has 1 heterocycles. The third kappa shape index (κ3) is 1.87. The van der Waals surface area contributed by atoms with Crippen molar-refractivity contribution in [3.8, 4) is 0 Å². The predicted molar refractivity (Wildman–Crippen MR) is 70.4 cm³/mol. The molecule has 1 aromatic rings. The highest BCUT2D eigenvalue weighted by molar-refractivity contribution is 6.24. The highest BCUT2D eigenvalue weighted by atomic mass is 16.2. The van der Waals surface area contributed by atoms with Gasteiger partial charge in [-0.25, -0.2) is 0 Å². The van der Waals surface area contributed by atoms with Crippen molar-refractivity contribution in [3.05, 3.63) is 29.8 Å². The van der Waals surface area contributed by atoms with Crippen molar-refractivity contribution in [3.63, 3.8) is 0 Å². The first-order valence-electron chi connectivity index (χ1n) is 6.94. The largest absolute Gasteiger partial charge is 0.310 e. The number of piperidine rings is 1. The molecule has 2 aliphatic carbocycles. The number of carbonyl (C=O) groups excluding carboxylic acids is 2. The number of hydrogen-bond acceptors (Lipinski definition) is 3. The van der Waals surface area contributed by atoms with Crippen molar-refractivity contribution < 1.29 is 9.59 Å². The molecule has 2 saturated carbocycles. The van der Waals surface area contributed by atoms with E-state index in [4.69, 9.17) is 0 Å². The number of nitrogens with zero attached hydrogens (tertiary/aromatic N) is 1. The summed E-state index contributed by atoms with van der Waals surface area (Å²) in [5, 5.41) is 3.44. The Morgan fingerprint density at radius 3 is 2.58 bits per heavy atom. The fourth-order valence-corrected chi connectivity index (χ4v) is 2.79. The van der Waals surface area contributed by atoms with Crippen LogP contribution in [-0.2, 0) is 16.1 Å². The molecule has 0 bridgehead atoms. The molecule has 3 fully saturated rings. The van der Waals surface area contributed by atoms with Gasteiger partial charge in [0.15, 0.2) is 0 Å². The van der Waals surface area contributed by atoms with Crippen LogP contribution in [-0.4, -0.2) is 17.9 Å². The Bertz CT molecular complexity index is 545. The fraction of sp³-hybridized carbons (Fsp3) is 0.467. The van der Waals surface area contributed by atoms with Gasteiger partial charge in [0, 0.05) is 12.6 Å². The Morgan fingerprint density at radius 1 is 1.16 bits per heavy atom. The monoisotopic (exact) mass is 256 g/mol. The number of carbonyl (C=O) groups is 2. The van der Waals surface area contributed by atoms with Gasteiger partial charge < -0.3 is 5.32 Å². The molecule has 4 heteroatoms. The minimum absolute atomic E-state index is 0.0118. The van der Waals surface area contributed by atoms with Crippen molar-refractivity contribution in [2.75, 3.05) is 4.90 Å². The van der Waals surface area contributed by atoms with Crippen LogP contribution in [0.1, 0.15) is 24.8 Å². The number of anilines is 1. The summed E-state index contributed by atoms with van der Waals surface area (Å²) in [5.74, 6) is -0.0777. The van der Waals surface area contributed by atoms with Crippen LogP contribution in [0.25, 0.3) is 0 Å². The van der Waals surface area contributed by atoms with E-state index < -0.39 is 0 Å². The van der Waals surface area contributed by atoms with Gasteiger partial charge in [0.1, 0.15) is 0 Å². The summed E-state index contributed by atoms with van der Waals surface area (Å²) in [4.78, 5) is 25.4. The van der Waals surface area contributed by atoms with Gasteiger partial charge in [0.25, 0.3) is 0 Å². The van der Waals surface area contributed by atoms with Gasteiger partial charge in [-0.1, -0.05) is 12.1 Å². The second kappa shape index (κ2) is 3.90. The molecule has 1 saturated heterocycles. The van der Waals surface area contributed by atoms with E-state index in [0.717, 1.165) is 24.2 Å². The van der Waals surface area contributed by atoms with Crippen LogP contribution < -0.4 is 10.2 Å². The van der Waals surface area contributed by atoms with Crippen molar-refractivity contribution in [2.45, 2.75) is 31.8 Å². The first kappa shape index (κ1) is 11.2. The quantitative estimate of drug-likeness (QED) is 0.829. The van der Waals surface area contributed by atoms with Gasteiger partial charge in [-0.3, -0.25) is 14.5 Å². The molecule has 4 nitrogen and oxygen atoms in total. The molecule has 1 aromatic carbocycles. The molecule has 1 aliphatic heterocycles. The Balaban J connectivity index is 1.55. The number of nitrogens with one attached hydrogen (secondary N) is 1. The van der Waals surface area contributed by atoms with Crippen LogP contribution in [0.15, 0.2) is 24.3 Å². The zero-order valence-electron chi connectivity index (χ0n) is 10.6. The average molecular weight is 256 g/mol. The second-order valence-corrected chi connectivity index (χ2v) is 5.79. The summed E-state index contributed by atoms with van der Waals surface area (Å²) in [6.07, 6.45) is 3.27. The summed E-state index contributed by atoms with van der Waals surface area (Å²) >= 11 is 0. The topological polar surface area (TPSA) is 49.4 Å². The van der Waals surface area contributed by atoms with E-state index in [1.165, 1.54) is 17.7 Å². The molecule has 2 atom stereocenters. The van der Waals surface area contributed by atoms with E-state index in [0.29, 0.717) is 6.04 Å². The molecule has 2 unspecified atom stereocenters. The number of imide groups is 1. The Morgan fingerprint density at radius 2 is 1.89 bits per heavy atom. The van der Waals surface area contributed by atoms with Crippen LogP contribution in [0.3, 0.4) is 0 Å². The van der Waals surface area contributed by atoms with E-state index in [1.54, 1.807) is 0 Å². The minimum atomic E-state index is -0.0271. The summed E-state index contributed by atoms with van der Waals surface area (Å²) in [7, 11) is 0. The van der Waals surface area contributed by atoms with Crippen LogP contribution in [0.2, 0.25) is 0 Å². The molecule has 0 aromatic heterocycles. The van der Waals surface area contributed by atoms with Gasteiger partial charge in [0.2, 0.25) is 11.8 Å². The summed E-state index contributed by atoms with van der Waals surface area (Å²) in [5.41, 5.74) is 1.86. The van der Waals surface area contributed by atoms with Crippen molar-refractivity contribution in [2.24, 2.45) is 11.8 Å². The smallest absolute Gasteiger partial charge is 0.237 e. The van der Waals surface area contributed by atoms with Crippen molar-refractivity contribution >= 4 is 17.5 Å². The van der Waals surface area contributed by atoms with Crippen LogP contribution in [0.5, 0.6) is 0 Å². The lowest BCUT2D eigenvalue weighted by atomic mass is 10.2. The Labute approximate surface area is 111 Å². The predicted octanol–water partition coefficient (Wildman–Crippen LogP) is 1.45. The van der Waals surface area contributed by atoms with Gasteiger partial charge in [-0.05, 0) is 37.0 Å². The molecular formula is C15H16N2O2. The highest BCUT2D eigenvalue weighted by Gasteiger charge is 2.59. The minimum Gasteiger partial charge on any atom is -0.310 e. The summed E-state index contributed by atoms with van der Waals surface area (Å²) in [6.45, 7) is 0.807. The zero-order chi connectivity index (χ0) is 13.0. The molecule has 98 valence electrons. The molecular weight excluding hydrogens is 240 g/mol. The van der Waals surface area contributed by atoms with Crippen LogP contribution in [0.4, 0.5) is 5.69 Å². The molecule has 0 radical (unpaired) electrons. The number of fused-ring (bicyclic) bond motifs is 1. The van der Waals surface area contributed by atoms with E-state index in [2.05, 4.69) is 5.32 Å². The first-order valence-corrected chi connectivity index (χ1v) is 6.94. The number of hydrogen-bond donors (Lipinski definition) is 1. The molecule has 3 aliphatic rings. The van der Waals surface area contributed by atoms with Crippen molar-refractivity contribution in [1.82, 2.24) is 5.32 Å². The van der Waals surface area contributed by atoms with Crippen molar-refractivity contribution in [1.29, 1.82) is 0 Å². The molecule has 4 rings (SSSR count). The van der Waals surface area contributed by atoms with E-state index in [-0.39, 0.29) is 23.7 Å². The number of rotatable bonds is 4. The zero-order valence-corrected chi connectivity index (χ0v) is 10.6. The molecule has 19 heavy (non-hydrogen) atoms. The van der Waals surface area contributed by atoms with Gasteiger partial charge in [-0.15, -0.1) is 0 Å². The highest BCUT2D eigenvalue weighted by Crippen LogP contribution is 2.48. The van der Waals surface area contributed by atoms with Gasteiger partial charge in [0.05, 0.1) is 17.5 Å². The maximum Gasteiger partial charge on any atom is 0.237 e. The number of benzene rings is 1. The first-order chi connectivity index (χ1) is 9.24. The fourth-order valence-electron chi connectivity index (χ4n) is 2.79. The van der Waals surface area contributed by atoms with E-state index in [9.17, 15) is 9.59 Å². The Hall–Kier alpha value is -1.68. The lowest BCUT2D eigenvalue weighted by Crippen LogP contribution is -2.32. The van der Waals surface area contributed by atoms with Crippen LogP contribution >= 0.6 is 0 Å². The molecule has 2 amide bonds. The molecule has 1 N–H and O–H groups in total. The summed E-state index contributed by atoms with van der Waals surface area (Å²) < 4.78 is 0. The normalized spacial score (nSPS) is 28.7. The summed E-state index contributed by atoms with van der Waals surface area (Å²) in [6, 6.07) is 8.41. The SMILES string of the molecule is O=C1C2CC2C(=O)N1c1cccc(CNC2CC2)c1. The van der Waals surface area contributed by atoms with Crippen LogP contribution in [0, 0.1) is 11.8 Å². The van der Waals surface area contributed by atoms with Gasteiger partial charge in [-0.2, -0.15) is 0 Å². The second-order valence-electron chi connectivity index (χ2n) is 5.79. The lowest BCUT2D eigenvalue weighted by molar-refractivity contribution is -0.123. The maximum absolute atomic E-state index is 12.0. The number of amides is 2. The maximum atomic E-state index is 12.0. The van der Waals surface area contributed by atoms with Gasteiger partial charge >= 0.3 is 0 Å². The average Bonchev–Trinajstić information content (AvgIpc) is 3.29. The Kier molecular flexibility index (Phi) is 2.30. The third-order valence-electron chi connectivity index (χ3n) is 4.21. The third-order valence-corrected chi connectivity index (χ3v) is 4.21.